The van der Waals surface area contributed by atoms with Crippen molar-refractivity contribution in [2.75, 3.05) is 4.90 Å². The Labute approximate surface area is 240 Å². The highest BCUT2D eigenvalue weighted by atomic mass is 35.5. The van der Waals surface area contributed by atoms with E-state index in [9.17, 15) is 18.8 Å². The Morgan fingerprint density at radius 2 is 1.49 bits per heavy atom. The third-order valence-corrected chi connectivity index (χ3v) is 8.76. The Balaban J connectivity index is 1.34. The van der Waals surface area contributed by atoms with E-state index in [4.69, 9.17) is 11.6 Å². The lowest BCUT2D eigenvalue weighted by Gasteiger charge is -2.52. The van der Waals surface area contributed by atoms with E-state index in [0.717, 1.165) is 27.8 Å². The second kappa shape index (κ2) is 9.49. The van der Waals surface area contributed by atoms with Gasteiger partial charge >= 0.3 is 0 Å². The number of nitrogens with zero attached hydrogens (tertiary/aromatic N) is 2. The van der Waals surface area contributed by atoms with Crippen molar-refractivity contribution in [1.29, 1.82) is 0 Å². The molecule has 3 amide bonds. The van der Waals surface area contributed by atoms with Crippen molar-refractivity contribution in [1.82, 2.24) is 5.43 Å². The summed E-state index contributed by atoms with van der Waals surface area (Å²) in [4.78, 5) is 42.4. The Bertz CT molecular complexity index is 1710. The van der Waals surface area contributed by atoms with Crippen LogP contribution in [0.3, 0.4) is 0 Å². The van der Waals surface area contributed by atoms with E-state index < -0.39 is 23.1 Å². The van der Waals surface area contributed by atoms with Crippen LogP contribution >= 0.6 is 11.6 Å². The molecule has 8 heteroatoms. The zero-order valence-electron chi connectivity index (χ0n) is 21.6. The van der Waals surface area contributed by atoms with Crippen LogP contribution < -0.4 is 10.3 Å². The van der Waals surface area contributed by atoms with Crippen LogP contribution in [0.2, 0.25) is 5.02 Å². The topological polar surface area (TPSA) is 78.8 Å². The number of halogens is 2. The predicted octanol–water partition coefficient (Wildman–Crippen LogP) is 5.37. The number of nitrogens with one attached hydrogen (secondary N) is 1. The molecule has 1 heterocycles. The Morgan fingerprint density at radius 1 is 0.878 bits per heavy atom. The summed E-state index contributed by atoms with van der Waals surface area (Å²) in [6.07, 6.45) is 1.72. The van der Waals surface area contributed by atoms with Crippen LogP contribution in [-0.4, -0.2) is 23.9 Å². The molecule has 202 valence electrons. The molecule has 0 radical (unpaired) electrons. The summed E-state index contributed by atoms with van der Waals surface area (Å²) < 4.78 is 13.7. The zero-order chi connectivity index (χ0) is 28.3. The molecule has 2 bridgehead atoms. The summed E-state index contributed by atoms with van der Waals surface area (Å²) in [6.45, 7) is 0. The van der Waals surface area contributed by atoms with Gasteiger partial charge in [0, 0.05) is 17.2 Å². The molecule has 0 aromatic heterocycles. The fourth-order valence-corrected chi connectivity index (χ4v) is 7.05. The second-order valence-electron chi connectivity index (χ2n) is 10.6. The van der Waals surface area contributed by atoms with E-state index in [-0.39, 0.29) is 30.1 Å². The summed E-state index contributed by atoms with van der Waals surface area (Å²) >= 11 is 5.96. The quantitative estimate of drug-likeness (QED) is 0.201. The molecule has 4 aromatic carbocycles. The second-order valence-corrected chi connectivity index (χ2v) is 11.0. The normalized spacial score (nSPS) is 23.9. The molecule has 0 spiro atoms. The van der Waals surface area contributed by atoms with Gasteiger partial charge < -0.3 is 0 Å². The molecule has 4 aromatic rings. The lowest BCUT2D eigenvalue weighted by Crippen LogP contribution is -2.54. The van der Waals surface area contributed by atoms with Crippen LogP contribution in [0.15, 0.2) is 102 Å². The van der Waals surface area contributed by atoms with Gasteiger partial charge in [-0.2, -0.15) is 5.10 Å². The average Bonchev–Trinajstić information content (AvgIpc) is 3.25. The molecule has 0 unspecified atom stereocenters. The van der Waals surface area contributed by atoms with E-state index in [1.807, 2.05) is 48.5 Å². The molecule has 41 heavy (non-hydrogen) atoms. The molecule has 1 saturated heterocycles. The van der Waals surface area contributed by atoms with Crippen molar-refractivity contribution in [3.8, 4) is 0 Å². The monoisotopic (exact) mass is 563 g/mol. The Hall–Kier alpha value is -4.62. The zero-order valence-corrected chi connectivity index (χ0v) is 22.4. The van der Waals surface area contributed by atoms with Crippen LogP contribution in [0.25, 0.3) is 0 Å². The fourth-order valence-electron chi connectivity index (χ4n) is 6.93. The minimum atomic E-state index is -1.11. The van der Waals surface area contributed by atoms with Gasteiger partial charge in [-0.25, -0.2) is 14.7 Å². The molecule has 1 N–H and O–H groups in total. The van der Waals surface area contributed by atoms with Gasteiger partial charge in [-0.15, -0.1) is 0 Å². The summed E-state index contributed by atoms with van der Waals surface area (Å²) in [6, 6.07) is 27.9. The molecule has 4 aliphatic rings. The van der Waals surface area contributed by atoms with Crippen LogP contribution in [0.1, 0.15) is 33.7 Å². The molecule has 0 saturated carbocycles. The highest BCUT2D eigenvalue weighted by Crippen LogP contribution is 2.63. The number of rotatable bonds is 5. The number of anilines is 1. The van der Waals surface area contributed by atoms with Crippen molar-refractivity contribution < 1.29 is 18.8 Å². The van der Waals surface area contributed by atoms with Gasteiger partial charge in [-0.05, 0) is 64.2 Å². The van der Waals surface area contributed by atoms with Crippen molar-refractivity contribution >= 4 is 41.2 Å². The van der Waals surface area contributed by atoms with Crippen LogP contribution in [-0.2, 0) is 26.2 Å². The molecule has 3 aliphatic carbocycles. The minimum Gasteiger partial charge on any atom is -0.274 e. The van der Waals surface area contributed by atoms with E-state index >= 15 is 0 Å². The number of hydrazone groups is 1. The number of benzene rings is 4. The summed E-state index contributed by atoms with van der Waals surface area (Å²) in [5, 5.41) is 5.00. The summed E-state index contributed by atoms with van der Waals surface area (Å²) in [7, 11) is 0. The molecular weight excluding hydrogens is 541 g/mol. The molecular formula is C33H23ClFN3O3. The van der Waals surface area contributed by atoms with Gasteiger partial charge in [-0.3, -0.25) is 14.4 Å². The van der Waals surface area contributed by atoms with Gasteiger partial charge in [0.05, 0.1) is 29.4 Å². The maximum absolute atomic E-state index is 14.3. The van der Waals surface area contributed by atoms with E-state index in [0.29, 0.717) is 10.7 Å². The fraction of sp³-hybridized carbons (Fsp3) is 0.152. The highest BCUT2D eigenvalue weighted by molar-refractivity contribution is 6.30. The maximum Gasteiger partial charge on any atom is 0.244 e. The lowest BCUT2D eigenvalue weighted by molar-refractivity contribution is -0.123. The number of hydrogen-bond donors (Lipinski definition) is 1. The molecule has 8 rings (SSSR count). The Kier molecular flexibility index (Phi) is 5.87. The molecule has 2 atom stereocenters. The summed E-state index contributed by atoms with van der Waals surface area (Å²) in [5.74, 6) is -3.30. The van der Waals surface area contributed by atoms with Crippen molar-refractivity contribution in [3.63, 3.8) is 0 Å². The van der Waals surface area contributed by atoms with Gasteiger partial charge in [-0.1, -0.05) is 72.3 Å². The number of amides is 3. The van der Waals surface area contributed by atoms with Crippen molar-refractivity contribution in [3.05, 3.63) is 136 Å². The first-order valence-corrected chi connectivity index (χ1v) is 13.7. The largest absolute Gasteiger partial charge is 0.274 e. The third kappa shape index (κ3) is 3.76. The van der Waals surface area contributed by atoms with Gasteiger partial charge in [0.25, 0.3) is 0 Å². The van der Waals surface area contributed by atoms with Gasteiger partial charge in [0.2, 0.25) is 17.7 Å². The average molecular weight is 564 g/mol. The third-order valence-electron chi connectivity index (χ3n) is 8.50. The maximum atomic E-state index is 14.3. The van der Waals surface area contributed by atoms with Crippen LogP contribution in [0.4, 0.5) is 10.1 Å². The first-order chi connectivity index (χ1) is 19.9. The highest BCUT2D eigenvalue weighted by Gasteiger charge is 2.68. The summed E-state index contributed by atoms with van der Waals surface area (Å²) in [5.41, 5.74) is 6.29. The smallest absolute Gasteiger partial charge is 0.244 e. The van der Waals surface area contributed by atoms with E-state index in [1.54, 1.807) is 30.5 Å². The first-order valence-electron chi connectivity index (χ1n) is 13.3. The first kappa shape index (κ1) is 25.4. The van der Waals surface area contributed by atoms with Crippen LogP contribution in [0, 0.1) is 17.7 Å². The van der Waals surface area contributed by atoms with E-state index in [2.05, 4.69) is 10.5 Å². The number of imide groups is 1. The predicted molar refractivity (Wildman–Crippen MR) is 153 cm³/mol. The van der Waals surface area contributed by atoms with Gasteiger partial charge in [0.15, 0.2) is 0 Å². The molecule has 1 aliphatic heterocycles. The number of carbonyl (C=O) groups excluding carboxylic acids is 3. The number of carbonyl (C=O) groups is 3. The number of hydrogen-bond acceptors (Lipinski definition) is 4. The molecule has 6 nitrogen and oxygen atoms in total. The van der Waals surface area contributed by atoms with Crippen molar-refractivity contribution in [2.45, 2.75) is 17.8 Å². The standard InChI is InChI=1S/C33H23ClFN3O3/c34-20-11-9-19(10-12-20)17-27(39)37-36-18-33-25-7-3-1-5-23(25)28(24-6-2-4-8-26(24)33)29-30(33)32(41)38(31(29)40)22-15-13-21(35)14-16-22/h1-16,18,28-30H,17H2,(H,37,39)/b36-18-/t28?,29-,30+,33?/m1/s1. The van der Waals surface area contributed by atoms with Crippen LogP contribution in [0.5, 0.6) is 0 Å². The molecule has 1 fully saturated rings. The lowest BCUT2D eigenvalue weighted by atomic mass is 9.47. The Morgan fingerprint density at radius 3 is 2.12 bits per heavy atom. The van der Waals surface area contributed by atoms with Crippen molar-refractivity contribution in [2.24, 2.45) is 16.9 Å². The SMILES string of the molecule is O=C(Cc1ccc(Cl)cc1)N/N=C\C12c3ccccc3C(c3ccccc31)[C@H]1C(=O)N(c3ccc(F)cc3)C(=O)[C@H]12. The minimum absolute atomic E-state index is 0.0958. The van der Waals surface area contributed by atoms with Gasteiger partial charge in [0.1, 0.15) is 5.82 Å². The van der Waals surface area contributed by atoms with E-state index in [1.165, 1.54) is 29.2 Å².